The smallest absolute Gasteiger partial charge is 0.417 e. The van der Waals surface area contributed by atoms with Gasteiger partial charge in [0.25, 0.3) is 0 Å². The molecule has 106 valence electrons. The minimum absolute atomic E-state index is 0.0433. The minimum Gasteiger partial charge on any atom is -0.481 e. The lowest BCUT2D eigenvalue weighted by Gasteiger charge is -2.40. The van der Waals surface area contributed by atoms with Crippen LogP contribution < -0.4 is 0 Å². The Morgan fingerprint density at radius 1 is 1.44 bits per heavy atom. The average Bonchev–Trinajstić information content (AvgIpc) is 2.28. The van der Waals surface area contributed by atoms with E-state index in [4.69, 9.17) is 9.84 Å². The van der Waals surface area contributed by atoms with E-state index in [0.29, 0.717) is 19.3 Å². The molecule has 0 saturated heterocycles. The second-order valence-electron chi connectivity index (χ2n) is 5.11. The van der Waals surface area contributed by atoms with Crippen molar-refractivity contribution in [1.29, 1.82) is 0 Å². The zero-order valence-electron chi connectivity index (χ0n) is 10.6. The molecule has 1 atom stereocenters. The highest BCUT2D eigenvalue weighted by Gasteiger charge is 2.56. The van der Waals surface area contributed by atoms with Gasteiger partial charge < -0.3 is 9.84 Å². The number of rotatable bonds is 4. The van der Waals surface area contributed by atoms with E-state index < -0.39 is 23.7 Å². The van der Waals surface area contributed by atoms with Gasteiger partial charge in [0.2, 0.25) is 0 Å². The van der Waals surface area contributed by atoms with Crippen LogP contribution in [0.2, 0.25) is 0 Å². The first kappa shape index (κ1) is 15.3. The van der Waals surface area contributed by atoms with Gasteiger partial charge in [-0.3, -0.25) is 4.79 Å². The fourth-order valence-electron chi connectivity index (χ4n) is 2.58. The van der Waals surface area contributed by atoms with Gasteiger partial charge in [0.15, 0.2) is 5.60 Å². The molecule has 0 aromatic heterocycles. The quantitative estimate of drug-likeness (QED) is 0.851. The summed E-state index contributed by atoms with van der Waals surface area (Å²) in [5, 5.41) is 8.79. The number of carboxylic acids is 1. The fraction of sp³-hybridized carbons (Fsp3) is 0.917. The van der Waals surface area contributed by atoms with Gasteiger partial charge >= 0.3 is 12.1 Å². The normalized spacial score (nSPS) is 31.1. The highest BCUT2D eigenvalue weighted by molar-refractivity contribution is 5.69. The van der Waals surface area contributed by atoms with Crippen molar-refractivity contribution in [2.75, 3.05) is 7.11 Å². The number of methoxy groups -OCH3 is 1. The molecule has 1 rings (SSSR count). The highest BCUT2D eigenvalue weighted by Crippen LogP contribution is 2.46. The zero-order valence-corrected chi connectivity index (χ0v) is 10.6. The van der Waals surface area contributed by atoms with Crippen molar-refractivity contribution in [2.45, 2.75) is 50.8 Å². The molecule has 1 fully saturated rings. The lowest BCUT2D eigenvalue weighted by atomic mass is 9.75. The number of hydrogen-bond acceptors (Lipinski definition) is 2. The summed E-state index contributed by atoms with van der Waals surface area (Å²) in [4.78, 5) is 10.7. The van der Waals surface area contributed by atoms with E-state index in [1.807, 2.05) is 0 Å². The maximum atomic E-state index is 12.9. The number of halogens is 3. The van der Waals surface area contributed by atoms with Crippen LogP contribution in [-0.4, -0.2) is 30.0 Å². The fourth-order valence-corrected chi connectivity index (χ4v) is 2.58. The van der Waals surface area contributed by atoms with E-state index in [-0.39, 0.29) is 18.8 Å². The molecule has 0 aliphatic heterocycles. The summed E-state index contributed by atoms with van der Waals surface area (Å²) < 4.78 is 43.4. The van der Waals surface area contributed by atoms with Crippen LogP contribution in [0.3, 0.4) is 0 Å². The predicted octanol–water partition coefficient (Wildman–Crippen LogP) is 3.23. The van der Waals surface area contributed by atoms with Crippen molar-refractivity contribution >= 4 is 5.97 Å². The third-order valence-electron chi connectivity index (χ3n) is 3.93. The lowest BCUT2D eigenvalue weighted by Crippen LogP contribution is -2.49. The van der Waals surface area contributed by atoms with Gasteiger partial charge in [-0.05, 0) is 38.0 Å². The topological polar surface area (TPSA) is 46.5 Å². The predicted molar refractivity (Wildman–Crippen MR) is 59.2 cm³/mol. The lowest BCUT2D eigenvalue weighted by molar-refractivity contribution is -0.282. The number of ether oxygens (including phenoxy) is 1. The molecule has 18 heavy (non-hydrogen) atoms. The molecule has 1 aliphatic rings. The van der Waals surface area contributed by atoms with Crippen LogP contribution >= 0.6 is 0 Å². The third kappa shape index (κ3) is 3.16. The Kier molecular flexibility index (Phi) is 4.64. The molecule has 1 aliphatic carbocycles. The van der Waals surface area contributed by atoms with Crippen molar-refractivity contribution in [1.82, 2.24) is 0 Å². The molecular weight excluding hydrogens is 249 g/mol. The Balaban J connectivity index is 2.57. The third-order valence-corrected chi connectivity index (χ3v) is 3.93. The Morgan fingerprint density at radius 2 is 1.94 bits per heavy atom. The SMILES string of the molecule is COC1(C(F)(F)F)CCC(CC(C)C(=O)O)CC1. The monoisotopic (exact) mass is 268 g/mol. The van der Waals surface area contributed by atoms with Crippen molar-refractivity contribution in [3.63, 3.8) is 0 Å². The number of aliphatic carboxylic acids is 1. The molecule has 0 spiro atoms. The first-order chi connectivity index (χ1) is 8.22. The summed E-state index contributed by atoms with van der Waals surface area (Å²) in [5.74, 6) is -1.35. The van der Waals surface area contributed by atoms with Crippen LogP contribution in [-0.2, 0) is 9.53 Å². The Labute approximate surface area is 104 Å². The van der Waals surface area contributed by atoms with Crippen LogP contribution in [0, 0.1) is 11.8 Å². The average molecular weight is 268 g/mol. The first-order valence-electron chi connectivity index (χ1n) is 6.06. The highest BCUT2D eigenvalue weighted by atomic mass is 19.4. The molecular formula is C12H19F3O3. The Bertz CT molecular complexity index is 293. The molecule has 0 bridgehead atoms. The number of hydrogen-bond donors (Lipinski definition) is 1. The molecule has 0 aromatic rings. The number of carboxylic acid groups (broad SMARTS) is 1. The van der Waals surface area contributed by atoms with Gasteiger partial charge in [-0.15, -0.1) is 0 Å². The molecule has 0 amide bonds. The summed E-state index contributed by atoms with van der Waals surface area (Å²) in [6.45, 7) is 1.59. The van der Waals surface area contributed by atoms with Gasteiger partial charge in [0.1, 0.15) is 0 Å². The van der Waals surface area contributed by atoms with Gasteiger partial charge in [-0.25, -0.2) is 0 Å². The van der Waals surface area contributed by atoms with E-state index in [2.05, 4.69) is 0 Å². The van der Waals surface area contributed by atoms with E-state index in [1.165, 1.54) is 0 Å². The van der Waals surface area contributed by atoms with Gasteiger partial charge in [0.05, 0.1) is 5.92 Å². The molecule has 0 radical (unpaired) electrons. The molecule has 6 heteroatoms. The number of alkyl halides is 3. The molecule has 0 heterocycles. The number of carbonyl (C=O) groups is 1. The first-order valence-corrected chi connectivity index (χ1v) is 6.06. The zero-order chi connectivity index (χ0) is 14.0. The van der Waals surface area contributed by atoms with Gasteiger partial charge in [-0.2, -0.15) is 13.2 Å². The summed E-state index contributed by atoms with van der Waals surface area (Å²) in [6.07, 6.45) is -3.35. The van der Waals surface area contributed by atoms with Crippen molar-refractivity contribution in [3.8, 4) is 0 Å². The molecule has 1 unspecified atom stereocenters. The van der Waals surface area contributed by atoms with Gasteiger partial charge in [0, 0.05) is 7.11 Å². The summed E-state index contributed by atoms with van der Waals surface area (Å²) in [6, 6.07) is 0. The molecule has 1 N–H and O–H groups in total. The van der Waals surface area contributed by atoms with Crippen LogP contribution in [0.4, 0.5) is 13.2 Å². The largest absolute Gasteiger partial charge is 0.481 e. The van der Waals surface area contributed by atoms with E-state index >= 15 is 0 Å². The second-order valence-corrected chi connectivity index (χ2v) is 5.11. The molecule has 1 saturated carbocycles. The molecule has 0 aromatic carbocycles. The summed E-state index contributed by atoms with van der Waals surface area (Å²) in [5.41, 5.74) is -2.03. The second kappa shape index (κ2) is 5.47. The van der Waals surface area contributed by atoms with E-state index in [0.717, 1.165) is 7.11 Å². The molecule has 3 nitrogen and oxygen atoms in total. The summed E-state index contributed by atoms with van der Waals surface area (Å²) >= 11 is 0. The van der Waals surface area contributed by atoms with Crippen LogP contribution in [0.25, 0.3) is 0 Å². The maximum absolute atomic E-state index is 12.9. The van der Waals surface area contributed by atoms with Crippen LogP contribution in [0.1, 0.15) is 39.0 Å². The van der Waals surface area contributed by atoms with Crippen molar-refractivity contribution in [3.05, 3.63) is 0 Å². The van der Waals surface area contributed by atoms with Crippen molar-refractivity contribution in [2.24, 2.45) is 11.8 Å². The van der Waals surface area contributed by atoms with Crippen LogP contribution in [0.5, 0.6) is 0 Å². The summed E-state index contributed by atoms with van der Waals surface area (Å²) in [7, 11) is 1.09. The van der Waals surface area contributed by atoms with Crippen molar-refractivity contribution < 1.29 is 27.8 Å². The van der Waals surface area contributed by atoms with E-state index in [9.17, 15) is 18.0 Å². The van der Waals surface area contributed by atoms with E-state index in [1.54, 1.807) is 6.92 Å². The Morgan fingerprint density at radius 3 is 2.28 bits per heavy atom. The standard InChI is InChI=1S/C12H19F3O3/c1-8(10(16)17)7-9-3-5-11(18-2,6-4-9)12(13,14)15/h8-9H,3-7H2,1-2H3,(H,16,17). The van der Waals surface area contributed by atoms with Crippen LogP contribution in [0.15, 0.2) is 0 Å². The van der Waals surface area contributed by atoms with Gasteiger partial charge in [-0.1, -0.05) is 6.92 Å². The Hall–Kier alpha value is -0.780. The maximum Gasteiger partial charge on any atom is 0.417 e. The minimum atomic E-state index is -4.36.